The highest BCUT2D eigenvalue weighted by molar-refractivity contribution is 6.00. The van der Waals surface area contributed by atoms with Crippen LogP contribution in [0.5, 0.6) is 11.5 Å². The van der Waals surface area contributed by atoms with E-state index in [1.54, 1.807) is 30.3 Å². The first-order valence-electron chi connectivity index (χ1n) is 7.88. The summed E-state index contributed by atoms with van der Waals surface area (Å²) in [5.41, 5.74) is 3.21. The van der Waals surface area contributed by atoms with Crippen LogP contribution in [0.4, 0.5) is 0 Å². The summed E-state index contributed by atoms with van der Waals surface area (Å²) in [5, 5.41) is 0. The minimum atomic E-state index is -0.573. The summed E-state index contributed by atoms with van der Waals surface area (Å²) in [4.78, 5) is 24.0. The van der Waals surface area contributed by atoms with Gasteiger partial charge in [0.25, 0.3) is 0 Å². The molecule has 5 heteroatoms. The summed E-state index contributed by atoms with van der Waals surface area (Å²) in [6.45, 7) is 3.68. The molecule has 0 aromatic heterocycles. The predicted octanol–water partition coefficient (Wildman–Crippen LogP) is 3.47. The summed E-state index contributed by atoms with van der Waals surface area (Å²) in [5.74, 6) is 0.529. The van der Waals surface area contributed by atoms with Gasteiger partial charge in [0.1, 0.15) is 0 Å². The Hall–Kier alpha value is -3.08. The zero-order valence-electron chi connectivity index (χ0n) is 14.1. The van der Waals surface area contributed by atoms with Crippen molar-refractivity contribution in [2.24, 2.45) is 0 Å². The Morgan fingerprint density at radius 3 is 2.72 bits per heavy atom. The van der Waals surface area contributed by atoms with E-state index in [1.807, 2.05) is 26.0 Å². The molecule has 2 aromatic rings. The number of Topliss-reactive ketones (excluding diaryl/α,β-unsaturated/α-hetero) is 1. The molecular formula is C20H18O5. The number of carbonyl (C=O) groups excluding carboxylic acids is 2. The second kappa shape index (κ2) is 7.21. The SMILES string of the molecule is Cc1ccc(C)c(C(=O)COC(=O)/C=C/c2ccc3c(c2)OCO3)c1. The fraction of sp³-hybridized carbons (Fsp3) is 0.200. The maximum Gasteiger partial charge on any atom is 0.331 e. The van der Waals surface area contributed by atoms with Gasteiger partial charge in [-0.3, -0.25) is 4.79 Å². The average molecular weight is 338 g/mol. The van der Waals surface area contributed by atoms with E-state index >= 15 is 0 Å². The van der Waals surface area contributed by atoms with Crippen LogP contribution in [0, 0.1) is 13.8 Å². The van der Waals surface area contributed by atoms with Gasteiger partial charge in [-0.05, 0) is 49.2 Å². The Morgan fingerprint density at radius 2 is 1.88 bits per heavy atom. The molecule has 0 radical (unpaired) electrons. The molecule has 0 fully saturated rings. The van der Waals surface area contributed by atoms with E-state index in [4.69, 9.17) is 14.2 Å². The highest BCUT2D eigenvalue weighted by Gasteiger charge is 2.13. The lowest BCUT2D eigenvalue weighted by Gasteiger charge is -2.06. The molecule has 128 valence electrons. The Bertz CT molecular complexity index is 851. The van der Waals surface area contributed by atoms with Gasteiger partial charge in [-0.2, -0.15) is 0 Å². The van der Waals surface area contributed by atoms with Crippen molar-refractivity contribution in [1.82, 2.24) is 0 Å². The van der Waals surface area contributed by atoms with Crippen molar-refractivity contribution in [1.29, 1.82) is 0 Å². The number of rotatable bonds is 5. The summed E-state index contributed by atoms with van der Waals surface area (Å²) in [6.07, 6.45) is 2.89. The van der Waals surface area contributed by atoms with Crippen LogP contribution in [0.3, 0.4) is 0 Å². The van der Waals surface area contributed by atoms with Crippen LogP contribution < -0.4 is 9.47 Å². The molecule has 0 amide bonds. The van der Waals surface area contributed by atoms with Crippen molar-refractivity contribution in [2.45, 2.75) is 13.8 Å². The quantitative estimate of drug-likeness (QED) is 0.474. The van der Waals surface area contributed by atoms with Crippen LogP contribution in [0.15, 0.2) is 42.5 Å². The number of hydrogen-bond acceptors (Lipinski definition) is 5. The Kier molecular flexibility index (Phi) is 4.84. The molecule has 1 heterocycles. The molecule has 0 saturated carbocycles. The van der Waals surface area contributed by atoms with E-state index in [1.165, 1.54) is 6.08 Å². The van der Waals surface area contributed by atoms with E-state index in [0.717, 1.165) is 16.7 Å². The zero-order chi connectivity index (χ0) is 17.8. The van der Waals surface area contributed by atoms with Crippen LogP contribution >= 0.6 is 0 Å². The second-order valence-electron chi connectivity index (χ2n) is 5.80. The molecule has 0 unspecified atom stereocenters. The normalized spacial score (nSPS) is 12.4. The zero-order valence-corrected chi connectivity index (χ0v) is 14.1. The number of ketones is 1. The molecule has 5 nitrogen and oxygen atoms in total. The van der Waals surface area contributed by atoms with E-state index < -0.39 is 5.97 Å². The van der Waals surface area contributed by atoms with E-state index in [-0.39, 0.29) is 19.2 Å². The first-order chi connectivity index (χ1) is 12.0. The molecule has 0 spiro atoms. The maximum atomic E-state index is 12.2. The molecule has 1 aliphatic heterocycles. The highest BCUT2D eigenvalue weighted by Crippen LogP contribution is 2.32. The van der Waals surface area contributed by atoms with Crippen LogP contribution in [0.1, 0.15) is 27.0 Å². The highest BCUT2D eigenvalue weighted by atomic mass is 16.7. The predicted molar refractivity (Wildman–Crippen MR) is 92.8 cm³/mol. The molecular weight excluding hydrogens is 320 g/mol. The topological polar surface area (TPSA) is 61.8 Å². The molecule has 0 bridgehead atoms. The van der Waals surface area contributed by atoms with Crippen molar-refractivity contribution in [3.63, 3.8) is 0 Å². The lowest BCUT2D eigenvalue weighted by atomic mass is 10.0. The van der Waals surface area contributed by atoms with Gasteiger partial charge < -0.3 is 14.2 Å². The Morgan fingerprint density at radius 1 is 1.08 bits per heavy atom. The minimum Gasteiger partial charge on any atom is -0.454 e. The van der Waals surface area contributed by atoms with Gasteiger partial charge in [-0.25, -0.2) is 4.79 Å². The van der Waals surface area contributed by atoms with E-state index in [0.29, 0.717) is 17.1 Å². The van der Waals surface area contributed by atoms with Crippen molar-refractivity contribution in [2.75, 3.05) is 13.4 Å². The molecule has 0 saturated heterocycles. The fourth-order valence-electron chi connectivity index (χ4n) is 2.48. The molecule has 0 N–H and O–H groups in total. The molecule has 1 aliphatic rings. The third-order valence-corrected chi connectivity index (χ3v) is 3.85. The lowest BCUT2D eigenvalue weighted by Crippen LogP contribution is -2.13. The van der Waals surface area contributed by atoms with E-state index in [2.05, 4.69) is 0 Å². The second-order valence-corrected chi connectivity index (χ2v) is 5.80. The van der Waals surface area contributed by atoms with Crippen LogP contribution in [-0.2, 0) is 9.53 Å². The smallest absolute Gasteiger partial charge is 0.331 e. The summed E-state index contributed by atoms with van der Waals surface area (Å²) in [6, 6.07) is 11.0. The van der Waals surface area contributed by atoms with Crippen LogP contribution in [0.25, 0.3) is 6.08 Å². The van der Waals surface area contributed by atoms with E-state index in [9.17, 15) is 9.59 Å². The van der Waals surface area contributed by atoms with Crippen molar-refractivity contribution >= 4 is 17.8 Å². The average Bonchev–Trinajstić information content (AvgIpc) is 3.07. The number of carbonyl (C=O) groups is 2. The molecule has 3 rings (SSSR count). The number of fused-ring (bicyclic) bond motifs is 1. The van der Waals surface area contributed by atoms with Gasteiger partial charge in [0.05, 0.1) is 0 Å². The van der Waals surface area contributed by atoms with Gasteiger partial charge in [-0.15, -0.1) is 0 Å². The summed E-state index contributed by atoms with van der Waals surface area (Å²) in [7, 11) is 0. The Labute approximate surface area is 145 Å². The molecule has 2 aromatic carbocycles. The van der Waals surface area contributed by atoms with Crippen molar-refractivity contribution in [3.8, 4) is 11.5 Å². The van der Waals surface area contributed by atoms with Gasteiger partial charge in [0, 0.05) is 11.6 Å². The number of aryl methyl sites for hydroxylation is 2. The minimum absolute atomic E-state index is 0.199. The third-order valence-electron chi connectivity index (χ3n) is 3.85. The monoisotopic (exact) mass is 338 g/mol. The molecule has 0 aliphatic carbocycles. The fourth-order valence-corrected chi connectivity index (χ4v) is 2.48. The standard InChI is InChI=1S/C20H18O5/c1-13-3-4-14(2)16(9-13)17(21)11-23-20(22)8-6-15-5-7-18-19(10-15)25-12-24-18/h3-10H,11-12H2,1-2H3/b8-6+. The lowest BCUT2D eigenvalue weighted by molar-refractivity contribution is -0.136. The molecule has 0 atom stereocenters. The first kappa shape index (κ1) is 16.8. The maximum absolute atomic E-state index is 12.2. The van der Waals surface area contributed by atoms with Crippen molar-refractivity contribution in [3.05, 3.63) is 64.7 Å². The largest absolute Gasteiger partial charge is 0.454 e. The van der Waals surface area contributed by atoms with Gasteiger partial charge in [-0.1, -0.05) is 23.8 Å². The first-order valence-corrected chi connectivity index (χ1v) is 7.88. The number of esters is 1. The van der Waals surface area contributed by atoms with Crippen LogP contribution in [0.2, 0.25) is 0 Å². The number of ether oxygens (including phenoxy) is 3. The van der Waals surface area contributed by atoms with Gasteiger partial charge in [0.15, 0.2) is 18.1 Å². The summed E-state index contributed by atoms with van der Waals surface area (Å²) < 4.78 is 15.5. The Balaban J connectivity index is 1.57. The van der Waals surface area contributed by atoms with Crippen LogP contribution in [-0.4, -0.2) is 25.2 Å². The van der Waals surface area contributed by atoms with Gasteiger partial charge >= 0.3 is 5.97 Å². The molecule has 25 heavy (non-hydrogen) atoms. The third kappa shape index (κ3) is 4.07. The number of benzene rings is 2. The number of hydrogen-bond donors (Lipinski definition) is 0. The summed E-state index contributed by atoms with van der Waals surface area (Å²) >= 11 is 0. The van der Waals surface area contributed by atoms with Gasteiger partial charge in [0.2, 0.25) is 12.6 Å². The van der Waals surface area contributed by atoms with Crippen molar-refractivity contribution < 1.29 is 23.8 Å².